The summed E-state index contributed by atoms with van der Waals surface area (Å²) < 4.78 is 0. The van der Waals surface area contributed by atoms with E-state index in [4.69, 9.17) is 11.6 Å². The van der Waals surface area contributed by atoms with E-state index in [9.17, 15) is 9.59 Å². The van der Waals surface area contributed by atoms with Crippen molar-refractivity contribution in [3.05, 3.63) is 45.4 Å². The van der Waals surface area contributed by atoms with Gasteiger partial charge in [-0.3, -0.25) is 14.9 Å². The maximum absolute atomic E-state index is 12.0. The number of benzene rings is 1. The van der Waals surface area contributed by atoms with Crippen LogP contribution in [0.5, 0.6) is 0 Å². The molecule has 0 radical (unpaired) electrons. The van der Waals surface area contributed by atoms with Crippen molar-refractivity contribution in [3.8, 4) is 0 Å². The molecule has 0 aliphatic heterocycles. The molecule has 0 saturated heterocycles. The third-order valence-electron chi connectivity index (χ3n) is 2.51. The molecule has 98 valence electrons. The average molecular weight is 295 g/mol. The zero-order valence-electron chi connectivity index (χ0n) is 10.4. The van der Waals surface area contributed by atoms with Crippen LogP contribution in [0.3, 0.4) is 0 Å². The fourth-order valence-electron chi connectivity index (χ4n) is 1.45. The van der Waals surface area contributed by atoms with Crippen molar-refractivity contribution >= 4 is 39.8 Å². The van der Waals surface area contributed by atoms with E-state index in [2.05, 4.69) is 10.3 Å². The number of nitrogens with one attached hydrogen (secondary N) is 1. The second kappa shape index (κ2) is 5.50. The molecule has 6 heteroatoms. The number of amides is 1. The maximum Gasteiger partial charge on any atom is 0.257 e. The van der Waals surface area contributed by atoms with Gasteiger partial charge in [-0.2, -0.15) is 0 Å². The van der Waals surface area contributed by atoms with Crippen LogP contribution in [0.25, 0.3) is 0 Å². The molecule has 2 rings (SSSR count). The monoisotopic (exact) mass is 294 g/mol. The van der Waals surface area contributed by atoms with E-state index in [0.717, 1.165) is 5.56 Å². The van der Waals surface area contributed by atoms with Gasteiger partial charge in [-0.1, -0.05) is 11.6 Å². The summed E-state index contributed by atoms with van der Waals surface area (Å²) in [7, 11) is 0. The minimum Gasteiger partial charge on any atom is -0.298 e. The van der Waals surface area contributed by atoms with Gasteiger partial charge in [0.15, 0.2) is 10.9 Å². The van der Waals surface area contributed by atoms with E-state index < -0.39 is 0 Å². The molecule has 1 N–H and O–H groups in total. The molecule has 4 nitrogen and oxygen atoms in total. The van der Waals surface area contributed by atoms with Crippen LogP contribution in [0.15, 0.2) is 23.6 Å². The lowest BCUT2D eigenvalue weighted by Crippen LogP contribution is -2.12. The van der Waals surface area contributed by atoms with Crippen molar-refractivity contribution in [2.75, 3.05) is 5.32 Å². The number of carbonyl (C=O) groups excluding carboxylic acids is 2. The summed E-state index contributed by atoms with van der Waals surface area (Å²) in [6, 6.07) is 5.02. The number of rotatable bonds is 3. The van der Waals surface area contributed by atoms with Crippen molar-refractivity contribution in [2.24, 2.45) is 0 Å². The first-order valence-corrected chi connectivity index (χ1v) is 6.77. The van der Waals surface area contributed by atoms with Crippen molar-refractivity contribution in [1.82, 2.24) is 4.98 Å². The normalized spacial score (nSPS) is 10.3. The number of aromatic nitrogens is 1. The van der Waals surface area contributed by atoms with Gasteiger partial charge in [0, 0.05) is 22.9 Å². The van der Waals surface area contributed by atoms with Crippen LogP contribution in [-0.2, 0) is 0 Å². The average Bonchev–Trinajstić information content (AvgIpc) is 2.81. The highest BCUT2D eigenvalue weighted by Crippen LogP contribution is 2.19. The Morgan fingerprint density at radius 3 is 2.68 bits per heavy atom. The summed E-state index contributed by atoms with van der Waals surface area (Å²) in [4.78, 5) is 27.1. The lowest BCUT2D eigenvalue weighted by molar-refractivity contribution is 0.100. The molecule has 1 aromatic carbocycles. The van der Waals surface area contributed by atoms with Gasteiger partial charge in [-0.15, -0.1) is 11.3 Å². The Kier molecular flexibility index (Phi) is 3.97. The van der Waals surface area contributed by atoms with Crippen molar-refractivity contribution < 1.29 is 9.59 Å². The Morgan fingerprint density at radius 2 is 2.11 bits per heavy atom. The number of aryl methyl sites for hydroxylation is 1. The number of hydrogen-bond donors (Lipinski definition) is 1. The molecule has 0 spiro atoms. The van der Waals surface area contributed by atoms with Crippen LogP contribution >= 0.6 is 22.9 Å². The molecule has 0 atom stereocenters. The quantitative estimate of drug-likeness (QED) is 0.881. The van der Waals surface area contributed by atoms with Crippen LogP contribution in [0.1, 0.15) is 33.3 Å². The van der Waals surface area contributed by atoms with E-state index in [1.807, 2.05) is 6.92 Å². The summed E-state index contributed by atoms with van der Waals surface area (Å²) in [5, 5.41) is 5.29. The molecule has 0 fully saturated rings. The first kappa shape index (κ1) is 13.7. The first-order valence-electron chi connectivity index (χ1n) is 5.51. The summed E-state index contributed by atoms with van der Waals surface area (Å²) in [5.41, 5.74) is 1.69. The topological polar surface area (TPSA) is 59.1 Å². The van der Waals surface area contributed by atoms with Crippen molar-refractivity contribution in [2.45, 2.75) is 13.8 Å². The van der Waals surface area contributed by atoms with Crippen LogP contribution in [0.2, 0.25) is 5.02 Å². The fourth-order valence-corrected chi connectivity index (χ4v) is 2.31. The fraction of sp³-hybridized carbons (Fsp3) is 0.154. The lowest BCUT2D eigenvalue weighted by Gasteiger charge is -2.03. The third-order valence-corrected chi connectivity index (χ3v) is 3.69. The van der Waals surface area contributed by atoms with Gasteiger partial charge < -0.3 is 0 Å². The smallest absolute Gasteiger partial charge is 0.257 e. The number of Topliss-reactive ketones (excluding diaryl/α,β-unsaturated/α-hetero) is 1. The van der Waals surface area contributed by atoms with Gasteiger partial charge in [-0.05, 0) is 30.7 Å². The number of hydrogen-bond acceptors (Lipinski definition) is 4. The molecule has 2 aromatic rings. The summed E-state index contributed by atoms with van der Waals surface area (Å²) in [6.45, 7) is 3.26. The highest BCUT2D eigenvalue weighted by molar-refractivity contribution is 7.14. The zero-order chi connectivity index (χ0) is 14.0. The Labute approximate surface area is 119 Å². The standard InChI is InChI=1S/C13H11ClN2O2S/c1-7-5-9(3-4-10(7)14)12(18)16-13-15-11(6-19-13)8(2)17/h3-6H,1-2H3,(H,15,16,18). The predicted molar refractivity (Wildman–Crippen MR) is 76.3 cm³/mol. The molecule has 0 unspecified atom stereocenters. The molecule has 1 heterocycles. The molecule has 0 saturated carbocycles. The molecule has 1 amide bonds. The highest BCUT2D eigenvalue weighted by Gasteiger charge is 2.11. The van der Waals surface area contributed by atoms with Crippen molar-refractivity contribution in [1.29, 1.82) is 0 Å². The van der Waals surface area contributed by atoms with E-state index in [1.165, 1.54) is 18.3 Å². The van der Waals surface area contributed by atoms with Gasteiger partial charge in [0.2, 0.25) is 0 Å². The van der Waals surface area contributed by atoms with Crippen LogP contribution in [0, 0.1) is 6.92 Å². The number of halogens is 1. The summed E-state index contributed by atoms with van der Waals surface area (Å²) >= 11 is 7.12. The van der Waals surface area contributed by atoms with Gasteiger partial charge in [0.1, 0.15) is 5.69 Å². The summed E-state index contributed by atoms with van der Waals surface area (Å²) in [6.07, 6.45) is 0. The molecule has 19 heavy (non-hydrogen) atoms. The maximum atomic E-state index is 12.0. The number of anilines is 1. The SMILES string of the molecule is CC(=O)c1csc(NC(=O)c2ccc(Cl)c(C)c2)n1. The number of thiazole rings is 1. The summed E-state index contributed by atoms with van der Waals surface area (Å²) in [5.74, 6) is -0.400. The van der Waals surface area contributed by atoms with Gasteiger partial charge in [0.25, 0.3) is 5.91 Å². The van der Waals surface area contributed by atoms with Gasteiger partial charge in [-0.25, -0.2) is 4.98 Å². The van der Waals surface area contributed by atoms with Crippen LogP contribution in [-0.4, -0.2) is 16.7 Å². The predicted octanol–water partition coefficient (Wildman–Crippen LogP) is 3.56. The van der Waals surface area contributed by atoms with Crippen molar-refractivity contribution in [3.63, 3.8) is 0 Å². The zero-order valence-corrected chi connectivity index (χ0v) is 11.9. The van der Waals surface area contributed by atoms with E-state index in [1.54, 1.807) is 23.6 Å². The lowest BCUT2D eigenvalue weighted by atomic mass is 10.1. The van der Waals surface area contributed by atoms with Crippen LogP contribution in [0.4, 0.5) is 5.13 Å². The van der Waals surface area contributed by atoms with Gasteiger partial charge >= 0.3 is 0 Å². The Hall–Kier alpha value is -1.72. The Balaban J connectivity index is 2.15. The molecular weight excluding hydrogens is 284 g/mol. The molecular formula is C13H11ClN2O2S. The van der Waals surface area contributed by atoms with E-state index >= 15 is 0 Å². The van der Waals surface area contributed by atoms with Crippen LogP contribution < -0.4 is 5.32 Å². The minimum atomic E-state index is -0.274. The van der Waals surface area contributed by atoms with E-state index in [0.29, 0.717) is 21.4 Å². The Morgan fingerprint density at radius 1 is 1.37 bits per heavy atom. The Bertz CT molecular complexity index is 652. The molecule has 0 aliphatic rings. The minimum absolute atomic E-state index is 0.126. The number of carbonyl (C=O) groups is 2. The molecule has 1 aromatic heterocycles. The molecule has 0 aliphatic carbocycles. The third kappa shape index (κ3) is 3.19. The largest absolute Gasteiger partial charge is 0.298 e. The van der Waals surface area contributed by atoms with Gasteiger partial charge in [0.05, 0.1) is 0 Å². The second-order valence-corrected chi connectivity index (χ2v) is 5.28. The van der Waals surface area contributed by atoms with E-state index in [-0.39, 0.29) is 11.7 Å². The number of ketones is 1. The second-order valence-electron chi connectivity index (χ2n) is 4.01. The first-order chi connectivity index (χ1) is 8.97. The number of nitrogens with zero attached hydrogens (tertiary/aromatic N) is 1. The highest BCUT2D eigenvalue weighted by atomic mass is 35.5. The molecule has 0 bridgehead atoms.